The number of rotatable bonds is 5. The maximum atomic E-state index is 13.3. The molecule has 144 valence electrons. The van der Waals surface area contributed by atoms with Crippen LogP contribution in [0.2, 0.25) is 0 Å². The van der Waals surface area contributed by atoms with Crippen LogP contribution in [0.25, 0.3) is 11.0 Å². The molecule has 6 heteroatoms. The van der Waals surface area contributed by atoms with E-state index in [1.807, 2.05) is 13.8 Å². The monoisotopic (exact) mass is 379 g/mol. The van der Waals surface area contributed by atoms with E-state index < -0.39 is 6.04 Å². The van der Waals surface area contributed by atoms with Gasteiger partial charge in [-0.1, -0.05) is 25.1 Å². The fraction of sp³-hybridized carbons (Fsp3) is 0.273. The van der Waals surface area contributed by atoms with E-state index in [9.17, 15) is 14.7 Å². The van der Waals surface area contributed by atoms with Crippen molar-refractivity contribution in [2.45, 2.75) is 26.3 Å². The molecule has 0 aliphatic carbocycles. The van der Waals surface area contributed by atoms with Gasteiger partial charge in [-0.25, -0.2) is 0 Å². The quantitative estimate of drug-likeness (QED) is 0.728. The van der Waals surface area contributed by atoms with Crippen molar-refractivity contribution < 1.29 is 19.1 Å². The molecule has 1 amide bonds. The maximum Gasteiger partial charge on any atom is 0.290 e. The van der Waals surface area contributed by atoms with E-state index in [-0.39, 0.29) is 22.8 Å². The van der Waals surface area contributed by atoms with Crippen LogP contribution in [0.3, 0.4) is 0 Å². The number of phenolic OH excluding ortho intramolecular Hbond substituents is 1. The van der Waals surface area contributed by atoms with Crippen LogP contribution < -0.4 is 10.2 Å². The molecule has 4 rings (SSSR count). The number of aromatic hydroxyl groups is 1. The Morgan fingerprint density at radius 2 is 1.93 bits per heavy atom. The minimum atomic E-state index is -0.580. The van der Waals surface area contributed by atoms with Gasteiger partial charge in [0, 0.05) is 6.54 Å². The SMILES string of the molecule is CCCN1C(=O)c2oc3ccccc3c(=O)c2[C@H]1c1ccc(O)c(OCC)c1. The molecule has 2 heterocycles. The number of para-hydroxylation sites is 1. The highest BCUT2D eigenvalue weighted by molar-refractivity contribution is 5.99. The van der Waals surface area contributed by atoms with Gasteiger partial charge >= 0.3 is 0 Å². The van der Waals surface area contributed by atoms with Crippen LogP contribution in [0.4, 0.5) is 0 Å². The lowest BCUT2D eigenvalue weighted by molar-refractivity contribution is 0.0728. The number of amides is 1. The molecule has 0 saturated heterocycles. The maximum absolute atomic E-state index is 13.3. The second-order valence-corrected chi connectivity index (χ2v) is 6.73. The minimum Gasteiger partial charge on any atom is -0.504 e. The summed E-state index contributed by atoms with van der Waals surface area (Å²) in [6, 6.07) is 11.3. The molecule has 3 aromatic rings. The molecule has 6 nitrogen and oxygen atoms in total. The van der Waals surface area contributed by atoms with Crippen molar-refractivity contribution in [2.24, 2.45) is 0 Å². The Morgan fingerprint density at radius 1 is 1.14 bits per heavy atom. The molecule has 1 N–H and O–H groups in total. The van der Waals surface area contributed by atoms with E-state index in [1.165, 1.54) is 6.07 Å². The summed E-state index contributed by atoms with van der Waals surface area (Å²) in [4.78, 5) is 28.0. The highest BCUT2D eigenvalue weighted by Gasteiger charge is 2.42. The van der Waals surface area contributed by atoms with Crippen LogP contribution in [0, 0.1) is 0 Å². The zero-order valence-corrected chi connectivity index (χ0v) is 15.8. The van der Waals surface area contributed by atoms with Crippen molar-refractivity contribution in [3.63, 3.8) is 0 Å². The van der Waals surface area contributed by atoms with Gasteiger partial charge in [-0.05, 0) is 43.2 Å². The van der Waals surface area contributed by atoms with Gasteiger partial charge in [0.05, 0.1) is 23.6 Å². The van der Waals surface area contributed by atoms with Crippen LogP contribution in [-0.2, 0) is 0 Å². The molecule has 1 atom stereocenters. The molecular weight excluding hydrogens is 358 g/mol. The third-order valence-corrected chi connectivity index (χ3v) is 4.94. The zero-order chi connectivity index (χ0) is 19.8. The van der Waals surface area contributed by atoms with E-state index in [2.05, 4.69) is 0 Å². The lowest BCUT2D eigenvalue weighted by Crippen LogP contribution is -2.30. The zero-order valence-electron chi connectivity index (χ0n) is 15.8. The summed E-state index contributed by atoms with van der Waals surface area (Å²) >= 11 is 0. The second kappa shape index (κ2) is 7.03. The molecule has 0 spiro atoms. The highest BCUT2D eigenvalue weighted by Crippen LogP contribution is 2.40. The van der Waals surface area contributed by atoms with Crippen molar-refractivity contribution >= 4 is 16.9 Å². The van der Waals surface area contributed by atoms with Crippen molar-refractivity contribution in [3.05, 3.63) is 69.6 Å². The standard InChI is InChI=1S/C22H21NO5/c1-3-11-23-19(13-9-10-15(24)17(12-13)27-4-2)18-20(25)14-7-5-6-8-16(14)28-21(18)22(23)26/h5-10,12,19,24H,3-4,11H2,1-2H3/t19-/m1/s1. The first-order valence-electron chi connectivity index (χ1n) is 9.39. The van der Waals surface area contributed by atoms with Gasteiger partial charge in [-0.2, -0.15) is 0 Å². The first-order chi connectivity index (χ1) is 13.6. The van der Waals surface area contributed by atoms with Crippen molar-refractivity contribution in [1.82, 2.24) is 4.90 Å². The number of benzene rings is 2. The largest absolute Gasteiger partial charge is 0.504 e. The van der Waals surface area contributed by atoms with Crippen LogP contribution >= 0.6 is 0 Å². The third-order valence-electron chi connectivity index (χ3n) is 4.94. The van der Waals surface area contributed by atoms with Crippen LogP contribution in [0.1, 0.15) is 48.0 Å². The Balaban J connectivity index is 1.96. The van der Waals surface area contributed by atoms with Crippen molar-refractivity contribution in [3.8, 4) is 11.5 Å². The summed E-state index contributed by atoms with van der Waals surface area (Å²) in [5.74, 6) is 0.134. The molecule has 0 saturated carbocycles. The summed E-state index contributed by atoms with van der Waals surface area (Å²) in [6.45, 7) is 4.67. The lowest BCUT2D eigenvalue weighted by Gasteiger charge is -2.25. The Labute approximate surface area is 162 Å². The van der Waals surface area contributed by atoms with Gasteiger partial charge in [0.1, 0.15) is 5.58 Å². The minimum absolute atomic E-state index is 0.0164. The Bertz CT molecular complexity index is 1120. The van der Waals surface area contributed by atoms with Crippen LogP contribution in [0.5, 0.6) is 11.5 Å². The number of hydrogen-bond acceptors (Lipinski definition) is 5. The summed E-state index contributed by atoms with van der Waals surface area (Å²) in [5.41, 5.74) is 1.23. The smallest absolute Gasteiger partial charge is 0.290 e. The predicted molar refractivity (Wildman–Crippen MR) is 105 cm³/mol. The molecular formula is C22H21NO5. The lowest BCUT2D eigenvalue weighted by atomic mass is 9.98. The van der Waals surface area contributed by atoms with Crippen molar-refractivity contribution in [2.75, 3.05) is 13.2 Å². The number of carbonyl (C=O) groups excluding carboxylic acids is 1. The number of phenols is 1. The van der Waals surface area contributed by atoms with Crippen molar-refractivity contribution in [1.29, 1.82) is 0 Å². The Hall–Kier alpha value is -3.28. The van der Waals surface area contributed by atoms with Gasteiger partial charge < -0.3 is 19.2 Å². The molecule has 1 aromatic heterocycles. The number of carbonyl (C=O) groups is 1. The fourth-order valence-electron chi connectivity index (χ4n) is 3.76. The number of nitrogens with zero attached hydrogens (tertiary/aromatic N) is 1. The summed E-state index contributed by atoms with van der Waals surface area (Å²) in [5, 5.41) is 10.5. The molecule has 2 aromatic carbocycles. The first kappa shape index (κ1) is 18.1. The van der Waals surface area contributed by atoms with Gasteiger partial charge in [0.2, 0.25) is 5.76 Å². The van der Waals surface area contributed by atoms with Gasteiger partial charge in [0.25, 0.3) is 5.91 Å². The molecule has 0 bridgehead atoms. The van der Waals surface area contributed by atoms with E-state index in [0.29, 0.717) is 41.0 Å². The number of hydrogen-bond donors (Lipinski definition) is 1. The topological polar surface area (TPSA) is 80.0 Å². The van der Waals surface area contributed by atoms with E-state index in [4.69, 9.17) is 9.15 Å². The number of fused-ring (bicyclic) bond motifs is 2. The van der Waals surface area contributed by atoms with Gasteiger partial charge in [-0.3, -0.25) is 9.59 Å². The molecule has 0 radical (unpaired) electrons. The molecule has 1 aliphatic rings. The van der Waals surface area contributed by atoms with E-state index in [1.54, 1.807) is 41.3 Å². The average molecular weight is 379 g/mol. The van der Waals surface area contributed by atoms with E-state index >= 15 is 0 Å². The Kier molecular flexibility index (Phi) is 4.55. The fourth-order valence-corrected chi connectivity index (χ4v) is 3.76. The Morgan fingerprint density at radius 3 is 2.68 bits per heavy atom. The first-order valence-corrected chi connectivity index (χ1v) is 9.39. The highest BCUT2D eigenvalue weighted by atomic mass is 16.5. The van der Waals surface area contributed by atoms with Gasteiger partial charge in [-0.15, -0.1) is 0 Å². The summed E-state index contributed by atoms with van der Waals surface area (Å²) < 4.78 is 11.3. The molecule has 0 fully saturated rings. The summed E-state index contributed by atoms with van der Waals surface area (Å²) in [6.07, 6.45) is 0.736. The number of ether oxygens (including phenoxy) is 1. The molecule has 28 heavy (non-hydrogen) atoms. The normalized spacial score (nSPS) is 15.9. The molecule has 0 unspecified atom stereocenters. The second-order valence-electron chi connectivity index (χ2n) is 6.73. The molecule has 1 aliphatic heterocycles. The average Bonchev–Trinajstić information content (AvgIpc) is 2.97. The van der Waals surface area contributed by atoms with Gasteiger partial charge in [0.15, 0.2) is 16.9 Å². The van der Waals surface area contributed by atoms with Crippen LogP contribution in [0.15, 0.2) is 51.7 Å². The predicted octanol–water partition coefficient (Wildman–Crippen LogP) is 3.85. The third kappa shape index (κ3) is 2.72. The van der Waals surface area contributed by atoms with E-state index in [0.717, 1.165) is 6.42 Å². The summed E-state index contributed by atoms with van der Waals surface area (Å²) in [7, 11) is 0. The van der Waals surface area contributed by atoms with Crippen LogP contribution in [-0.4, -0.2) is 29.1 Å².